The second-order valence-electron chi connectivity index (χ2n) is 3.48. The SMILES string of the molecule is CCCC[C@@H]1C[C@@H](O)CC(O)O1. The van der Waals surface area contributed by atoms with Crippen LogP contribution in [0, 0.1) is 0 Å². The van der Waals surface area contributed by atoms with Gasteiger partial charge in [-0.3, -0.25) is 0 Å². The molecule has 3 nitrogen and oxygen atoms in total. The number of rotatable bonds is 3. The first-order chi connectivity index (χ1) is 5.72. The van der Waals surface area contributed by atoms with Crippen LogP contribution in [0.2, 0.25) is 0 Å². The molecule has 1 aliphatic rings. The Labute approximate surface area is 73.4 Å². The van der Waals surface area contributed by atoms with Crippen LogP contribution in [-0.2, 0) is 4.74 Å². The maximum atomic E-state index is 9.31. The summed E-state index contributed by atoms with van der Waals surface area (Å²) in [6.07, 6.45) is 3.15. The van der Waals surface area contributed by atoms with Crippen LogP contribution >= 0.6 is 0 Å². The van der Waals surface area contributed by atoms with Crippen LogP contribution < -0.4 is 0 Å². The number of aliphatic hydroxyl groups excluding tert-OH is 2. The van der Waals surface area contributed by atoms with E-state index in [-0.39, 0.29) is 12.2 Å². The zero-order valence-corrected chi connectivity index (χ0v) is 7.57. The summed E-state index contributed by atoms with van der Waals surface area (Å²) < 4.78 is 5.25. The van der Waals surface area contributed by atoms with Crippen molar-refractivity contribution in [1.29, 1.82) is 0 Å². The second kappa shape index (κ2) is 4.80. The van der Waals surface area contributed by atoms with Gasteiger partial charge in [0, 0.05) is 6.42 Å². The summed E-state index contributed by atoms with van der Waals surface area (Å²) >= 11 is 0. The van der Waals surface area contributed by atoms with Crippen LogP contribution in [0.15, 0.2) is 0 Å². The van der Waals surface area contributed by atoms with Crippen LogP contribution in [0.25, 0.3) is 0 Å². The van der Waals surface area contributed by atoms with E-state index < -0.39 is 6.29 Å². The van der Waals surface area contributed by atoms with E-state index >= 15 is 0 Å². The third-order valence-corrected chi connectivity index (χ3v) is 2.24. The fraction of sp³-hybridized carbons (Fsp3) is 1.00. The Morgan fingerprint density at radius 1 is 1.33 bits per heavy atom. The van der Waals surface area contributed by atoms with Gasteiger partial charge in [0.2, 0.25) is 0 Å². The van der Waals surface area contributed by atoms with Crippen molar-refractivity contribution in [3.8, 4) is 0 Å². The first kappa shape index (κ1) is 9.96. The molecule has 1 heterocycles. The number of hydrogen-bond donors (Lipinski definition) is 2. The lowest BCUT2D eigenvalue weighted by Crippen LogP contribution is -2.35. The summed E-state index contributed by atoms with van der Waals surface area (Å²) in [5.41, 5.74) is 0. The monoisotopic (exact) mass is 174 g/mol. The van der Waals surface area contributed by atoms with Crippen molar-refractivity contribution in [2.24, 2.45) is 0 Å². The Balaban J connectivity index is 2.24. The average Bonchev–Trinajstić information content (AvgIpc) is 1.99. The molecule has 3 heteroatoms. The van der Waals surface area contributed by atoms with Crippen molar-refractivity contribution >= 4 is 0 Å². The van der Waals surface area contributed by atoms with Gasteiger partial charge in [0.1, 0.15) is 0 Å². The maximum Gasteiger partial charge on any atom is 0.157 e. The topological polar surface area (TPSA) is 49.7 Å². The van der Waals surface area contributed by atoms with Crippen molar-refractivity contribution in [3.63, 3.8) is 0 Å². The van der Waals surface area contributed by atoms with E-state index in [0.29, 0.717) is 12.8 Å². The predicted molar refractivity (Wildman–Crippen MR) is 45.6 cm³/mol. The molecule has 0 aromatic heterocycles. The molecule has 1 saturated heterocycles. The molecule has 1 unspecified atom stereocenters. The highest BCUT2D eigenvalue weighted by atomic mass is 16.6. The highest BCUT2D eigenvalue weighted by Crippen LogP contribution is 2.21. The molecule has 1 rings (SSSR count). The lowest BCUT2D eigenvalue weighted by molar-refractivity contribution is -0.190. The van der Waals surface area contributed by atoms with Crippen molar-refractivity contribution in [2.75, 3.05) is 0 Å². The molecule has 1 aliphatic heterocycles. The van der Waals surface area contributed by atoms with E-state index in [1.165, 1.54) is 0 Å². The second-order valence-corrected chi connectivity index (χ2v) is 3.48. The Kier molecular flexibility index (Phi) is 3.98. The molecular weight excluding hydrogens is 156 g/mol. The van der Waals surface area contributed by atoms with E-state index in [1.807, 2.05) is 0 Å². The van der Waals surface area contributed by atoms with Crippen LogP contribution in [0.3, 0.4) is 0 Å². The summed E-state index contributed by atoms with van der Waals surface area (Å²) in [5, 5.41) is 18.5. The molecule has 0 amide bonds. The molecule has 0 aliphatic carbocycles. The molecule has 12 heavy (non-hydrogen) atoms. The minimum Gasteiger partial charge on any atom is -0.393 e. The Morgan fingerprint density at radius 3 is 2.67 bits per heavy atom. The van der Waals surface area contributed by atoms with Gasteiger partial charge < -0.3 is 14.9 Å². The highest BCUT2D eigenvalue weighted by molar-refractivity contribution is 4.72. The molecule has 0 saturated carbocycles. The fourth-order valence-corrected chi connectivity index (χ4v) is 1.58. The van der Waals surface area contributed by atoms with Crippen LogP contribution in [0.5, 0.6) is 0 Å². The third kappa shape index (κ3) is 3.09. The van der Waals surface area contributed by atoms with Crippen molar-refractivity contribution < 1.29 is 14.9 Å². The van der Waals surface area contributed by atoms with Gasteiger partial charge in [-0.2, -0.15) is 0 Å². The normalized spacial score (nSPS) is 36.8. The molecule has 2 N–H and O–H groups in total. The molecule has 0 radical (unpaired) electrons. The first-order valence-electron chi connectivity index (χ1n) is 4.74. The average molecular weight is 174 g/mol. The third-order valence-electron chi connectivity index (χ3n) is 2.24. The molecule has 3 atom stereocenters. The van der Waals surface area contributed by atoms with Crippen LogP contribution in [0.4, 0.5) is 0 Å². The maximum absolute atomic E-state index is 9.31. The zero-order chi connectivity index (χ0) is 8.97. The molecule has 72 valence electrons. The Hall–Kier alpha value is -0.120. The van der Waals surface area contributed by atoms with Crippen molar-refractivity contribution in [2.45, 2.75) is 57.5 Å². The van der Waals surface area contributed by atoms with E-state index in [1.54, 1.807) is 0 Å². The summed E-state index contributed by atoms with van der Waals surface area (Å²) in [7, 11) is 0. The fourth-order valence-electron chi connectivity index (χ4n) is 1.58. The molecule has 0 aromatic rings. The van der Waals surface area contributed by atoms with E-state index in [9.17, 15) is 5.11 Å². The van der Waals surface area contributed by atoms with Gasteiger partial charge >= 0.3 is 0 Å². The van der Waals surface area contributed by atoms with Gasteiger partial charge in [-0.1, -0.05) is 19.8 Å². The molecule has 0 aromatic carbocycles. The minimum absolute atomic E-state index is 0.0590. The zero-order valence-electron chi connectivity index (χ0n) is 7.57. The van der Waals surface area contributed by atoms with E-state index in [4.69, 9.17) is 9.84 Å². The summed E-state index contributed by atoms with van der Waals surface area (Å²) in [4.78, 5) is 0. The van der Waals surface area contributed by atoms with Gasteiger partial charge in [-0.25, -0.2) is 0 Å². The Morgan fingerprint density at radius 2 is 2.08 bits per heavy atom. The number of aliphatic hydroxyl groups is 2. The van der Waals surface area contributed by atoms with E-state index in [2.05, 4.69) is 6.92 Å². The molecular formula is C9H18O3. The largest absolute Gasteiger partial charge is 0.393 e. The number of hydrogen-bond acceptors (Lipinski definition) is 3. The van der Waals surface area contributed by atoms with Crippen LogP contribution in [0.1, 0.15) is 39.0 Å². The van der Waals surface area contributed by atoms with Gasteiger partial charge in [0.05, 0.1) is 12.2 Å². The lowest BCUT2D eigenvalue weighted by Gasteiger charge is -2.30. The van der Waals surface area contributed by atoms with Crippen LogP contribution in [-0.4, -0.2) is 28.7 Å². The Bertz CT molecular complexity index is 117. The number of ether oxygens (including phenoxy) is 1. The molecule has 0 bridgehead atoms. The summed E-state index contributed by atoms with van der Waals surface area (Å²) in [5.74, 6) is 0. The highest BCUT2D eigenvalue weighted by Gasteiger charge is 2.26. The summed E-state index contributed by atoms with van der Waals surface area (Å²) in [6, 6.07) is 0. The first-order valence-corrected chi connectivity index (χ1v) is 4.74. The quantitative estimate of drug-likeness (QED) is 0.672. The number of unbranched alkanes of at least 4 members (excludes halogenated alkanes) is 1. The lowest BCUT2D eigenvalue weighted by atomic mass is 10.0. The van der Waals surface area contributed by atoms with Crippen molar-refractivity contribution in [3.05, 3.63) is 0 Å². The van der Waals surface area contributed by atoms with Gasteiger partial charge in [0.15, 0.2) is 6.29 Å². The summed E-state index contributed by atoms with van der Waals surface area (Å²) in [6.45, 7) is 2.12. The predicted octanol–water partition coefficient (Wildman–Crippen LogP) is 1.03. The minimum atomic E-state index is -0.754. The van der Waals surface area contributed by atoms with Gasteiger partial charge in [-0.15, -0.1) is 0 Å². The standard InChI is InChI=1S/C9H18O3/c1-2-3-4-8-5-7(10)6-9(11)12-8/h7-11H,2-6H2,1H3/t7-,8-,9?/m1/s1. The van der Waals surface area contributed by atoms with Gasteiger partial charge in [-0.05, 0) is 12.8 Å². The molecule has 0 spiro atoms. The smallest absolute Gasteiger partial charge is 0.157 e. The molecule has 1 fully saturated rings. The van der Waals surface area contributed by atoms with E-state index in [0.717, 1.165) is 19.3 Å². The van der Waals surface area contributed by atoms with Crippen molar-refractivity contribution in [1.82, 2.24) is 0 Å². The van der Waals surface area contributed by atoms with Gasteiger partial charge in [0.25, 0.3) is 0 Å².